The van der Waals surface area contributed by atoms with Crippen LogP contribution in [0.3, 0.4) is 0 Å². The number of hydrogen-bond acceptors (Lipinski definition) is 3. The van der Waals surface area contributed by atoms with Crippen LogP contribution in [0.5, 0.6) is 5.75 Å². The van der Waals surface area contributed by atoms with Gasteiger partial charge in [0, 0.05) is 5.56 Å². The highest BCUT2D eigenvalue weighted by Gasteiger charge is 2.68. The van der Waals surface area contributed by atoms with Gasteiger partial charge in [-0.1, -0.05) is 48.5 Å². The van der Waals surface area contributed by atoms with Crippen LogP contribution in [-0.2, 0) is 10.3 Å². The summed E-state index contributed by atoms with van der Waals surface area (Å²) >= 11 is 0. The van der Waals surface area contributed by atoms with Crippen molar-refractivity contribution < 1.29 is 14.6 Å². The first kappa shape index (κ1) is 10.1. The summed E-state index contributed by atoms with van der Waals surface area (Å²) in [6.07, 6.45) is -1.07. The molecular formula is C15H12O3. The van der Waals surface area contributed by atoms with Gasteiger partial charge in [-0.15, -0.1) is 0 Å². The number of epoxide rings is 1. The highest BCUT2D eigenvalue weighted by Crippen LogP contribution is 2.59. The van der Waals surface area contributed by atoms with E-state index in [1.54, 1.807) is 0 Å². The predicted molar refractivity (Wildman–Crippen MR) is 65.0 cm³/mol. The lowest BCUT2D eigenvalue weighted by atomic mass is 9.87. The third-order valence-electron chi connectivity index (χ3n) is 3.67. The second kappa shape index (κ2) is 3.34. The molecule has 1 N–H and O–H groups in total. The smallest absolute Gasteiger partial charge is 0.237 e. The zero-order valence-corrected chi connectivity index (χ0v) is 9.61. The van der Waals surface area contributed by atoms with Gasteiger partial charge in [0.25, 0.3) is 0 Å². The van der Waals surface area contributed by atoms with Crippen molar-refractivity contribution in [2.45, 2.75) is 18.0 Å². The van der Waals surface area contributed by atoms with E-state index in [9.17, 15) is 5.11 Å². The van der Waals surface area contributed by atoms with Crippen molar-refractivity contribution in [3.63, 3.8) is 0 Å². The van der Waals surface area contributed by atoms with Crippen molar-refractivity contribution in [3.05, 3.63) is 65.7 Å². The molecule has 0 unspecified atom stereocenters. The second-order valence-corrected chi connectivity index (χ2v) is 4.67. The first-order valence-corrected chi connectivity index (χ1v) is 5.99. The molecule has 2 aliphatic heterocycles. The summed E-state index contributed by atoms with van der Waals surface area (Å²) in [4.78, 5) is 0. The summed E-state index contributed by atoms with van der Waals surface area (Å²) in [5.41, 5.74) is 1.02. The predicted octanol–water partition coefficient (Wildman–Crippen LogP) is 2.36. The molecule has 2 aromatic carbocycles. The van der Waals surface area contributed by atoms with Gasteiger partial charge in [-0.05, 0) is 11.6 Å². The highest BCUT2D eigenvalue weighted by molar-refractivity contribution is 5.45. The molecule has 0 amide bonds. The summed E-state index contributed by atoms with van der Waals surface area (Å²) in [5.74, 6) is 0.707. The van der Waals surface area contributed by atoms with Crippen LogP contribution in [-0.4, -0.2) is 11.4 Å². The molecule has 3 atom stereocenters. The molecule has 2 aromatic rings. The normalized spacial score (nSPS) is 32.1. The fourth-order valence-electron chi connectivity index (χ4n) is 2.67. The Kier molecular flexibility index (Phi) is 1.88. The molecule has 1 fully saturated rings. The van der Waals surface area contributed by atoms with Crippen LogP contribution in [0.4, 0.5) is 0 Å². The number of aliphatic hydroxyl groups is 1. The average molecular weight is 240 g/mol. The van der Waals surface area contributed by atoms with Gasteiger partial charge in [-0.3, -0.25) is 0 Å². The summed E-state index contributed by atoms with van der Waals surface area (Å²) in [7, 11) is 0. The average Bonchev–Trinajstić information content (AvgIpc) is 3.16. The number of hydrogen-bond donors (Lipinski definition) is 1. The standard InChI is InChI=1S/C15H12O3/c16-13-11-8-4-5-9-12(11)17-14-15(13,18-14)10-6-2-1-3-7-10/h1-9,13-14,16H/t13-,14-,15+/m1/s1. The Labute approximate surface area is 105 Å². The minimum absolute atomic E-state index is 0.384. The number of para-hydroxylation sites is 1. The summed E-state index contributed by atoms with van der Waals surface area (Å²) in [6, 6.07) is 17.3. The lowest BCUT2D eigenvalue weighted by Gasteiger charge is -2.26. The first-order chi connectivity index (χ1) is 8.82. The molecular weight excluding hydrogens is 228 g/mol. The van der Waals surface area contributed by atoms with E-state index in [4.69, 9.17) is 9.47 Å². The van der Waals surface area contributed by atoms with Gasteiger partial charge in [0.2, 0.25) is 6.29 Å². The van der Waals surface area contributed by atoms with Crippen molar-refractivity contribution in [3.8, 4) is 5.75 Å². The molecule has 90 valence electrons. The molecule has 0 bridgehead atoms. The van der Waals surface area contributed by atoms with E-state index >= 15 is 0 Å². The molecule has 0 aliphatic carbocycles. The van der Waals surface area contributed by atoms with E-state index in [-0.39, 0.29) is 6.29 Å². The minimum Gasteiger partial charge on any atom is -0.461 e. The van der Waals surface area contributed by atoms with Gasteiger partial charge in [-0.2, -0.15) is 0 Å². The number of fused-ring (bicyclic) bond motifs is 2. The molecule has 0 aromatic heterocycles. The van der Waals surface area contributed by atoms with Crippen LogP contribution in [0.25, 0.3) is 0 Å². The van der Waals surface area contributed by atoms with Crippen molar-refractivity contribution in [2.24, 2.45) is 0 Å². The molecule has 18 heavy (non-hydrogen) atoms. The second-order valence-electron chi connectivity index (χ2n) is 4.67. The number of rotatable bonds is 1. The van der Waals surface area contributed by atoms with Gasteiger partial charge in [0.1, 0.15) is 11.9 Å². The quantitative estimate of drug-likeness (QED) is 0.778. The molecule has 1 saturated heterocycles. The third kappa shape index (κ3) is 1.15. The third-order valence-corrected chi connectivity index (χ3v) is 3.67. The first-order valence-electron chi connectivity index (χ1n) is 5.99. The largest absolute Gasteiger partial charge is 0.461 e. The van der Waals surface area contributed by atoms with Crippen molar-refractivity contribution in [1.29, 1.82) is 0 Å². The maximum Gasteiger partial charge on any atom is 0.237 e. The topological polar surface area (TPSA) is 42.0 Å². The van der Waals surface area contributed by atoms with Crippen LogP contribution >= 0.6 is 0 Å². The van der Waals surface area contributed by atoms with Crippen molar-refractivity contribution >= 4 is 0 Å². The van der Waals surface area contributed by atoms with E-state index in [1.165, 1.54) is 0 Å². The van der Waals surface area contributed by atoms with E-state index in [2.05, 4.69) is 0 Å². The summed E-state index contributed by atoms with van der Waals surface area (Å²) in [5, 5.41) is 10.6. The molecule has 0 spiro atoms. The van der Waals surface area contributed by atoms with Gasteiger partial charge >= 0.3 is 0 Å². The lowest BCUT2D eigenvalue weighted by molar-refractivity contribution is 0.0665. The van der Waals surface area contributed by atoms with Gasteiger partial charge in [0.05, 0.1) is 0 Å². The Hall–Kier alpha value is -1.84. The minimum atomic E-state index is -0.727. The van der Waals surface area contributed by atoms with Gasteiger partial charge < -0.3 is 14.6 Å². The van der Waals surface area contributed by atoms with Crippen molar-refractivity contribution in [2.75, 3.05) is 0 Å². The maximum atomic E-state index is 10.6. The number of ether oxygens (including phenoxy) is 2. The fourth-order valence-corrected chi connectivity index (χ4v) is 2.67. The Morgan fingerprint density at radius 2 is 1.67 bits per heavy atom. The fraction of sp³-hybridized carbons (Fsp3) is 0.200. The maximum absolute atomic E-state index is 10.6. The van der Waals surface area contributed by atoms with E-state index in [1.807, 2.05) is 54.6 Å². The molecule has 2 aliphatic rings. The van der Waals surface area contributed by atoms with Crippen LogP contribution in [0.1, 0.15) is 17.2 Å². The zero-order valence-electron chi connectivity index (χ0n) is 9.61. The van der Waals surface area contributed by atoms with E-state index in [0.29, 0.717) is 5.75 Å². The zero-order chi connectivity index (χ0) is 12.2. The molecule has 2 heterocycles. The monoisotopic (exact) mass is 240 g/mol. The van der Waals surface area contributed by atoms with Gasteiger partial charge in [0.15, 0.2) is 5.60 Å². The molecule has 0 radical (unpaired) electrons. The SMILES string of the molecule is O[C@@H]1c2ccccc2O[C@@H]2O[C@]21c1ccccc1. The Balaban J connectivity index is 1.84. The van der Waals surface area contributed by atoms with Gasteiger partial charge in [-0.25, -0.2) is 0 Å². The molecule has 4 rings (SSSR count). The van der Waals surface area contributed by atoms with Crippen LogP contribution in [0, 0.1) is 0 Å². The lowest BCUT2D eigenvalue weighted by Crippen LogP contribution is -2.29. The summed E-state index contributed by atoms with van der Waals surface area (Å²) in [6.45, 7) is 0. The van der Waals surface area contributed by atoms with Crippen LogP contribution in [0.2, 0.25) is 0 Å². The van der Waals surface area contributed by atoms with Crippen LogP contribution < -0.4 is 4.74 Å². The van der Waals surface area contributed by atoms with Crippen molar-refractivity contribution in [1.82, 2.24) is 0 Å². The van der Waals surface area contributed by atoms with E-state index in [0.717, 1.165) is 11.1 Å². The number of aliphatic hydroxyl groups excluding tert-OH is 1. The Morgan fingerprint density at radius 1 is 0.944 bits per heavy atom. The highest BCUT2D eigenvalue weighted by atomic mass is 16.8. The van der Waals surface area contributed by atoms with E-state index < -0.39 is 11.7 Å². The molecule has 3 nitrogen and oxygen atoms in total. The molecule has 3 heteroatoms. The Morgan fingerprint density at radius 3 is 2.50 bits per heavy atom. The summed E-state index contributed by atoms with van der Waals surface area (Å²) < 4.78 is 11.4. The number of benzene rings is 2. The Bertz CT molecular complexity index is 596. The molecule has 0 saturated carbocycles. The van der Waals surface area contributed by atoms with Crippen LogP contribution in [0.15, 0.2) is 54.6 Å².